The third-order valence-electron chi connectivity index (χ3n) is 3.03. The molecule has 0 aromatic heterocycles. The van der Waals surface area contributed by atoms with Crippen LogP contribution in [0.15, 0.2) is 24.3 Å². The fraction of sp³-hybridized carbons (Fsp3) is 0.533. The van der Waals surface area contributed by atoms with E-state index in [4.69, 9.17) is 9.84 Å². The quantitative estimate of drug-likeness (QED) is 0.601. The summed E-state index contributed by atoms with van der Waals surface area (Å²) in [4.78, 5) is 11.8. The number of aliphatic hydroxyl groups excluding tert-OH is 1. The van der Waals surface area contributed by atoms with Gasteiger partial charge in [0.1, 0.15) is 5.75 Å². The second kappa shape index (κ2) is 9.34. The van der Waals surface area contributed by atoms with E-state index in [1.54, 1.807) is 19.2 Å². The van der Waals surface area contributed by atoms with E-state index in [0.717, 1.165) is 19.4 Å². The normalized spacial score (nSPS) is 11.9. The van der Waals surface area contributed by atoms with Crippen LogP contribution in [0.5, 0.6) is 5.75 Å². The highest BCUT2D eigenvalue weighted by Crippen LogP contribution is 2.22. The molecule has 1 aromatic rings. The Balaban J connectivity index is 2.23. The van der Waals surface area contributed by atoms with Crippen LogP contribution in [0.4, 0.5) is 5.69 Å². The highest BCUT2D eigenvalue weighted by molar-refractivity contribution is 5.93. The molecule has 0 fully saturated rings. The minimum Gasteiger partial charge on any atom is -0.495 e. The summed E-state index contributed by atoms with van der Waals surface area (Å²) in [6, 6.07) is 7.32. The van der Waals surface area contributed by atoms with Gasteiger partial charge in [-0.15, -0.1) is 0 Å². The Hall–Kier alpha value is -1.59. The highest BCUT2D eigenvalue weighted by Gasteiger charge is 2.06. The number of hydrogen-bond donors (Lipinski definition) is 3. The summed E-state index contributed by atoms with van der Waals surface area (Å²) in [5.41, 5.74) is 0.677. The summed E-state index contributed by atoms with van der Waals surface area (Å²) >= 11 is 0. The molecule has 0 aliphatic carbocycles. The number of anilines is 1. The second-order valence-corrected chi connectivity index (χ2v) is 4.86. The van der Waals surface area contributed by atoms with Gasteiger partial charge in [-0.25, -0.2) is 0 Å². The van der Waals surface area contributed by atoms with Gasteiger partial charge in [-0.1, -0.05) is 19.1 Å². The van der Waals surface area contributed by atoms with Gasteiger partial charge in [-0.2, -0.15) is 0 Å². The Bertz CT molecular complexity index is 410. The standard InChI is InChI=1S/C15H24N2O3/c1-12(11-18)6-5-9-16-10-15(19)17-13-7-3-4-8-14(13)20-2/h3-4,7-8,12,16,18H,5-6,9-11H2,1-2H3,(H,17,19). The predicted octanol–water partition coefficient (Wildman–Crippen LogP) is 1.63. The molecule has 0 aliphatic heterocycles. The average molecular weight is 280 g/mol. The van der Waals surface area contributed by atoms with E-state index in [1.165, 1.54) is 0 Å². The summed E-state index contributed by atoms with van der Waals surface area (Å²) < 4.78 is 5.17. The largest absolute Gasteiger partial charge is 0.495 e. The van der Waals surface area contributed by atoms with Gasteiger partial charge in [0.15, 0.2) is 0 Å². The summed E-state index contributed by atoms with van der Waals surface area (Å²) in [6.07, 6.45) is 1.90. The Labute approximate surface area is 120 Å². The molecule has 0 heterocycles. The number of rotatable bonds is 9. The maximum Gasteiger partial charge on any atom is 0.238 e. The number of hydrogen-bond acceptors (Lipinski definition) is 4. The van der Waals surface area contributed by atoms with Crippen LogP contribution in [-0.2, 0) is 4.79 Å². The third kappa shape index (κ3) is 6.04. The van der Waals surface area contributed by atoms with E-state index in [1.807, 2.05) is 19.1 Å². The molecule has 112 valence electrons. The number of amides is 1. The van der Waals surface area contributed by atoms with Crippen molar-refractivity contribution in [2.45, 2.75) is 19.8 Å². The average Bonchev–Trinajstić information content (AvgIpc) is 2.47. The van der Waals surface area contributed by atoms with Crippen molar-refractivity contribution in [3.63, 3.8) is 0 Å². The molecule has 1 unspecified atom stereocenters. The smallest absolute Gasteiger partial charge is 0.238 e. The van der Waals surface area contributed by atoms with E-state index in [9.17, 15) is 4.79 Å². The SMILES string of the molecule is COc1ccccc1NC(=O)CNCCCC(C)CO. The fourth-order valence-corrected chi connectivity index (χ4v) is 1.81. The summed E-state index contributed by atoms with van der Waals surface area (Å²) in [5, 5.41) is 14.8. The summed E-state index contributed by atoms with van der Waals surface area (Å²) in [7, 11) is 1.57. The van der Waals surface area contributed by atoms with Crippen molar-refractivity contribution < 1.29 is 14.6 Å². The maximum absolute atomic E-state index is 11.8. The Morgan fingerprint density at radius 3 is 2.85 bits per heavy atom. The molecular weight excluding hydrogens is 256 g/mol. The van der Waals surface area contributed by atoms with Crippen molar-refractivity contribution in [3.05, 3.63) is 24.3 Å². The van der Waals surface area contributed by atoms with Crippen LogP contribution in [-0.4, -0.2) is 37.8 Å². The first-order chi connectivity index (χ1) is 9.67. The van der Waals surface area contributed by atoms with E-state index in [-0.39, 0.29) is 19.1 Å². The number of aliphatic hydroxyl groups is 1. The first-order valence-corrected chi connectivity index (χ1v) is 6.91. The fourth-order valence-electron chi connectivity index (χ4n) is 1.81. The van der Waals surface area contributed by atoms with Crippen molar-refractivity contribution >= 4 is 11.6 Å². The Morgan fingerprint density at radius 1 is 1.40 bits per heavy atom. The summed E-state index contributed by atoms with van der Waals surface area (Å²) in [6.45, 7) is 3.26. The first kappa shape index (κ1) is 16.5. The number of methoxy groups -OCH3 is 1. The molecule has 3 N–H and O–H groups in total. The van der Waals surface area contributed by atoms with Crippen LogP contribution in [0.3, 0.4) is 0 Å². The van der Waals surface area contributed by atoms with Crippen LogP contribution in [0.1, 0.15) is 19.8 Å². The van der Waals surface area contributed by atoms with Gasteiger partial charge in [0, 0.05) is 6.61 Å². The van der Waals surface area contributed by atoms with Gasteiger partial charge in [0.05, 0.1) is 19.3 Å². The van der Waals surface area contributed by atoms with Crippen LogP contribution in [0, 0.1) is 5.92 Å². The minimum absolute atomic E-state index is 0.0929. The van der Waals surface area contributed by atoms with E-state index in [0.29, 0.717) is 17.4 Å². The molecule has 5 nitrogen and oxygen atoms in total. The van der Waals surface area contributed by atoms with Crippen LogP contribution in [0.25, 0.3) is 0 Å². The molecule has 1 rings (SSSR count). The molecule has 5 heteroatoms. The van der Waals surface area contributed by atoms with Crippen LogP contribution < -0.4 is 15.4 Å². The number of ether oxygens (including phenoxy) is 1. The zero-order valence-corrected chi connectivity index (χ0v) is 12.2. The predicted molar refractivity (Wildman–Crippen MR) is 80.0 cm³/mol. The van der Waals surface area contributed by atoms with Gasteiger partial charge >= 0.3 is 0 Å². The summed E-state index contributed by atoms with van der Waals surface area (Å²) in [5.74, 6) is 0.876. The lowest BCUT2D eigenvalue weighted by Gasteiger charge is -2.11. The minimum atomic E-state index is -0.0929. The van der Waals surface area contributed by atoms with E-state index in [2.05, 4.69) is 10.6 Å². The number of nitrogens with one attached hydrogen (secondary N) is 2. The van der Waals surface area contributed by atoms with Gasteiger partial charge in [0.25, 0.3) is 0 Å². The van der Waals surface area contributed by atoms with Crippen molar-refractivity contribution in [3.8, 4) is 5.75 Å². The molecule has 1 amide bonds. The Kier molecular flexibility index (Phi) is 7.69. The lowest BCUT2D eigenvalue weighted by molar-refractivity contribution is -0.115. The number of benzene rings is 1. The molecule has 1 atom stereocenters. The number of carbonyl (C=O) groups is 1. The lowest BCUT2D eigenvalue weighted by Crippen LogP contribution is -2.29. The van der Waals surface area contributed by atoms with Crippen molar-refractivity contribution in [2.24, 2.45) is 5.92 Å². The van der Waals surface area contributed by atoms with E-state index < -0.39 is 0 Å². The monoisotopic (exact) mass is 280 g/mol. The second-order valence-electron chi connectivity index (χ2n) is 4.86. The molecule has 0 bridgehead atoms. The molecule has 0 aliphatic rings. The van der Waals surface area contributed by atoms with Gasteiger partial charge in [0.2, 0.25) is 5.91 Å². The highest BCUT2D eigenvalue weighted by atomic mass is 16.5. The molecule has 0 saturated carbocycles. The maximum atomic E-state index is 11.8. The third-order valence-corrected chi connectivity index (χ3v) is 3.03. The van der Waals surface area contributed by atoms with Crippen LogP contribution >= 0.6 is 0 Å². The van der Waals surface area contributed by atoms with Gasteiger partial charge in [-0.05, 0) is 37.4 Å². The molecule has 0 radical (unpaired) electrons. The number of carbonyl (C=O) groups excluding carboxylic acids is 1. The molecule has 0 spiro atoms. The lowest BCUT2D eigenvalue weighted by atomic mass is 10.1. The molecular formula is C15H24N2O3. The van der Waals surface area contributed by atoms with Gasteiger partial charge < -0.3 is 20.5 Å². The Morgan fingerprint density at radius 2 is 2.15 bits per heavy atom. The van der Waals surface area contributed by atoms with Crippen molar-refractivity contribution in [2.75, 3.05) is 32.1 Å². The molecule has 0 saturated heterocycles. The first-order valence-electron chi connectivity index (χ1n) is 6.91. The van der Waals surface area contributed by atoms with Crippen molar-refractivity contribution in [1.29, 1.82) is 0 Å². The van der Waals surface area contributed by atoms with Gasteiger partial charge in [-0.3, -0.25) is 4.79 Å². The zero-order valence-electron chi connectivity index (χ0n) is 12.2. The van der Waals surface area contributed by atoms with Crippen molar-refractivity contribution in [1.82, 2.24) is 5.32 Å². The molecule has 1 aromatic carbocycles. The topological polar surface area (TPSA) is 70.6 Å². The zero-order chi connectivity index (χ0) is 14.8. The van der Waals surface area contributed by atoms with Crippen LogP contribution in [0.2, 0.25) is 0 Å². The van der Waals surface area contributed by atoms with E-state index >= 15 is 0 Å². The molecule has 20 heavy (non-hydrogen) atoms. The number of para-hydroxylation sites is 2.